The maximum atomic E-state index is 13.2. The minimum atomic E-state index is 0.0243. The second-order valence-electron chi connectivity index (χ2n) is 9.44. The van der Waals surface area contributed by atoms with Crippen molar-refractivity contribution in [3.8, 4) is 17.2 Å². The fourth-order valence-corrected chi connectivity index (χ4v) is 4.22. The summed E-state index contributed by atoms with van der Waals surface area (Å²) in [5.74, 6) is 1.26. The van der Waals surface area contributed by atoms with Crippen LogP contribution in [0.5, 0.6) is 17.2 Å². The molecule has 1 aliphatic rings. The normalized spacial score (nSPS) is 13.1. The van der Waals surface area contributed by atoms with Crippen molar-refractivity contribution in [1.29, 1.82) is 0 Å². The number of phenols is 1. The van der Waals surface area contributed by atoms with E-state index in [0.29, 0.717) is 23.6 Å². The van der Waals surface area contributed by atoms with Gasteiger partial charge in [-0.25, -0.2) is 0 Å². The molecule has 0 bridgehead atoms. The molecule has 0 atom stereocenters. The highest BCUT2D eigenvalue weighted by molar-refractivity contribution is 6.04. The average Bonchev–Trinajstić information content (AvgIpc) is 2.88. The Morgan fingerprint density at radius 3 is 2.00 bits per heavy atom. The molecule has 3 rings (SSSR count). The number of allylic oxidation sites excluding steroid dienone is 8. The molecule has 2 aromatic carbocycles. The molecule has 196 valence electrons. The molecule has 4 nitrogen and oxygen atoms in total. The fraction of sp³-hybridized carbons (Fsp3) is 0.364. The third kappa shape index (κ3) is 9.13. The molecule has 0 radical (unpaired) electrons. The summed E-state index contributed by atoms with van der Waals surface area (Å²) in [4.78, 5) is 14.9. The van der Waals surface area contributed by atoms with Crippen molar-refractivity contribution in [1.82, 2.24) is 0 Å². The van der Waals surface area contributed by atoms with Gasteiger partial charge in [0.15, 0.2) is 11.5 Å². The number of ether oxygens (including phenoxy) is 1. The van der Waals surface area contributed by atoms with Crippen molar-refractivity contribution in [2.45, 2.75) is 78.1 Å². The summed E-state index contributed by atoms with van der Waals surface area (Å²) in [7, 11) is 0. The smallest absolute Gasteiger partial charge is 0.231 e. The summed E-state index contributed by atoms with van der Waals surface area (Å²) in [6, 6.07) is 10.7. The van der Waals surface area contributed by atoms with Gasteiger partial charge < -0.3 is 9.84 Å². The Morgan fingerprint density at radius 2 is 1.35 bits per heavy atom. The minimum Gasteiger partial charge on any atom is -0.508 e. The van der Waals surface area contributed by atoms with Gasteiger partial charge in [-0.05, 0) is 81.7 Å². The van der Waals surface area contributed by atoms with E-state index < -0.39 is 0 Å². The summed E-state index contributed by atoms with van der Waals surface area (Å²) in [5, 5.41) is 9.88. The van der Waals surface area contributed by atoms with Gasteiger partial charge in [0, 0.05) is 12.5 Å². The summed E-state index contributed by atoms with van der Waals surface area (Å²) in [6.45, 7) is 4.22. The Labute approximate surface area is 222 Å². The lowest BCUT2D eigenvalue weighted by molar-refractivity contribution is -0.118. The van der Waals surface area contributed by atoms with Crippen LogP contribution in [0.25, 0.3) is 0 Å². The molecule has 0 unspecified atom stereocenters. The van der Waals surface area contributed by atoms with Crippen molar-refractivity contribution in [2.24, 2.45) is 0 Å². The molecule has 0 spiro atoms. The lowest BCUT2D eigenvalue weighted by Gasteiger charge is -2.31. The Hall–Kier alpha value is -3.53. The molecule has 0 fully saturated rings. The number of phenolic OH excluding ortho intramolecular Hbond substituents is 1. The predicted molar refractivity (Wildman–Crippen MR) is 155 cm³/mol. The first-order chi connectivity index (χ1) is 18.1. The van der Waals surface area contributed by atoms with Crippen LogP contribution < -0.4 is 9.64 Å². The van der Waals surface area contributed by atoms with Crippen LogP contribution in [0.1, 0.15) is 76.7 Å². The number of aryl methyl sites for hydroxylation is 1. The highest BCUT2D eigenvalue weighted by atomic mass is 16.5. The minimum absolute atomic E-state index is 0.0243. The number of carbonyl (C=O) groups excluding carboxylic acids is 1. The van der Waals surface area contributed by atoms with Gasteiger partial charge in [0.2, 0.25) is 5.91 Å². The number of unbranched alkanes of at least 4 members (excludes halogenated alkanes) is 4. The summed E-state index contributed by atoms with van der Waals surface area (Å²) < 4.78 is 5.98. The third-order valence-electron chi connectivity index (χ3n) is 6.23. The van der Waals surface area contributed by atoms with Gasteiger partial charge in [0.1, 0.15) is 5.75 Å². The first-order valence-electron chi connectivity index (χ1n) is 13.6. The molecule has 1 heterocycles. The molecule has 2 aromatic rings. The number of benzene rings is 2. The number of aromatic hydroxyl groups is 1. The molecule has 0 aliphatic carbocycles. The summed E-state index contributed by atoms with van der Waals surface area (Å²) in [6.07, 6.45) is 27.7. The maximum absolute atomic E-state index is 13.2. The van der Waals surface area contributed by atoms with Crippen LogP contribution in [0.15, 0.2) is 85.0 Å². The highest BCUT2D eigenvalue weighted by Crippen LogP contribution is 2.48. The molecule has 1 N–H and O–H groups in total. The number of hydrogen-bond donors (Lipinski definition) is 1. The molecule has 0 saturated carbocycles. The monoisotopic (exact) mass is 499 g/mol. The van der Waals surface area contributed by atoms with Crippen LogP contribution in [-0.4, -0.2) is 11.0 Å². The zero-order chi connectivity index (χ0) is 26.3. The van der Waals surface area contributed by atoms with Gasteiger partial charge in [-0.1, -0.05) is 74.4 Å². The molecule has 4 heteroatoms. The van der Waals surface area contributed by atoms with Crippen LogP contribution in [0, 0.1) is 6.92 Å². The zero-order valence-electron chi connectivity index (χ0n) is 22.4. The first kappa shape index (κ1) is 28.0. The number of carbonyl (C=O) groups is 1. The van der Waals surface area contributed by atoms with Crippen LogP contribution in [-0.2, 0) is 4.79 Å². The van der Waals surface area contributed by atoms with E-state index in [-0.39, 0.29) is 11.7 Å². The first-order valence-corrected chi connectivity index (χ1v) is 13.6. The van der Waals surface area contributed by atoms with E-state index in [4.69, 9.17) is 4.74 Å². The van der Waals surface area contributed by atoms with E-state index in [1.54, 1.807) is 23.1 Å². The molecule has 37 heavy (non-hydrogen) atoms. The molecular weight excluding hydrogens is 458 g/mol. The van der Waals surface area contributed by atoms with Crippen molar-refractivity contribution in [2.75, 3.05) is 4.90 Å². The lowest BCUT2D eigenvalue weighted by Crippen LogP contribution is -2.28. The number of hydrogen-bond acceptors (Lipinski definition) is 3. The number of nitrogens with zero attached hydrogens (tertiary/aromatic N) is 1. The van der Waals surface area contributed by atoms with Crippen LogP contribution in [0.3, 0.4) is 0 Å². The Kier molecular flexibility index (Phi) is 11.8. The van der Waals surface area contributed by atoms with Gasteiger partial charge in [0.05, 0.1) is 11.4 Å². The molecule has 1 amide bonds. The zero-order valence-corrected chi connectivity index (χ0v) is 22.4. The quantitative estimate of drug-likeness (QED) is 0.208. The Bertz CT molecular complexity index is 1070. The fourth-order valence-electron chi connectivity index (χ4n) is 4.22. The molecule has 0 aromatic heterocycles. The second kappa shape index (κ2) is 15.6. The highest BCUT2D eigenvalue weighted by Gasteiger charge is 2.29. The van der Waals surface area contributed by atoms with Crippen molar-refractivity contribution >= 4 is 17.3 Å². The molecular formula is C33H41NO3. The number of amides is 1. The third-order valence-corrected chi connectivity index (χ3v) is 6.23. The molecule has 1 aliphatic heterocycles. The van der Waals surface area contributed by atoms with E-state index in [1.807, 2.05) is 25.1 Å². The van der Waals surface area contributed by atoms with Crippen molar-refractivity contribution < 1.29 is 14.6 Å². The summed E-state index contributed by atoms with van der Waals surface area (Å²) >= 11 is 0. The lowest BCUT2D eigenvalue weighted by atomic mass is 10.1. The Morgan fingerprint density at radius 1 is 0.784 bits per heavy atom. The van der Waals surface area contributed by atoms with E-state index in [1.165, 1.54) is 25.7 Å². The second-order valence-corrected chi connectivity index (χ2v) is 9.44. The number of rotatable bonds is 14. The Balaban J connectivity index is 1.38. The van der Waals surface area contributed by atoms with Gasteiger partial charge in [-0.15, -0.1) is 0 Å². The van der Waals surface area contributed by atoms with Crippen molar-refractivity contribution in [3.63, 3.8) is 0 Å². The van der Waals surface area contributed by atoms with Gasteiger partial charge >= 0.3 is 0 Å². The van der Waals surface area contributed by atoms with Gasteiger partial charge in [0.25, 0.3) is 0 Å². The van der Waals surface area contributed by atoms with Gasteiger partial charge in [-0.3, -0.25) is 9.69 Å². The van der Waals surface area contributed by atoms with Crippen molar-refractivity contribution in [3.05, 3.63) is 90.6 Å². The topological polar surface area (TPSA) is 49.8 Å². The SMILES string of the molecule is CCCCC/C=C\C/C=C\C/C=C\C/C=C\CCCC(=O)N1c2ccc(C)cc2Oc2cc(O)ccc21. The largest absolute Gasteiger partial charge is 0.508 e. The van der Waals surface area contributed by atoms with E-state index >= 15 is 0 Å². The molecule has 0 saturated heterocycles. The maximum Gasteiger partial charge on any atom is 0.231 e. The summed E-state index contributed by atoms with van der Waals surface area (Å²) in [5.41, 5.74) is 2.46. The number of anilines is 2. The number of fused-ring (bicyclic) bond motifs is 2. The van der Waals surface area contributed by atoms with Crippen LogP contribution >= 0.6 is 0 Å². The van der Waals surface area contributed by atoms with E-state index in [9.17, 15) is 9.90 Å². The predicted octanol–water partition coefficient (Wildman–Crippen LogP) is 9.62. The van der Waals surface area contributed by atoms with E-state index in [0.717, 1.165) is 43.4 Å². The van der Waals surface area contributed by atoms with Gasteiger partial charge in [-0.2, -0.15) is 0 Å². The standard InChI is InChI=1S/C33H41NO3/c1-3-4-5-6-7-8-9-10-11-12-13-14-15-16-17-18-19-20-33(36)34-29-23-21-27(2)25-31(29)37-32-26-28(35)22-24-30(32)34/h7-8,10-11,13-14,16-17,21-26,35H,3-6,9,12,15,18-20H2,1-2H3/b8-7-,11-10-,14-13-,17-16-. The van der Waals surface area contributed by atoms with Crippen LogP contribution in [0.2, 0.25) is 0 Å². The average molecular weight is 500 g/mol. The van der Waals surface area contributed by atoms with E-state index in [2.05, 4.69) is 55.5 Å². The van der Waals surface area contributed by atoms with Crippen LogP contribution in [0.4, 0.5) is 11.4 Å².